The molecule has 1 saturated carbocycles. The van der Waals surface area contributed by atoms with Crippen molar-refractivity contribution < 1.29 is 14.3 Å². The summed E-state index contributed by atoms with van der Waals surface area (Å²) in [4.78, 5) is 24.5. The number of rotatable bonds is 3. The van der Waals surface area contributed by atoms with Crippen LogP contribution in [-0.4, -0.2) is 38.1 Å². The fraction of sp³-hybridized carbons (Fsp3) is 0.316. The zero-order valence-electron chi connectivity index (χ0n) is 14.1. The van der Waals surface area contributed by atoms with Crippen molar-refractivity contribution in [1.82, 2.24) is 20.3 Å². The van der Waals surface area contributed by atoms with Gasteiger partial charge in [0.25, 0.3) is 5.91 Å². The molecule has 0 saturated heterocycles. The average Bonchev–Trinajstić information content (AvgIpc) is 3.08. The van der Waals surface area contributed by atoms with E-state index in [1.54, 1.807) is 24.4 Å². The second kappa shape index (κ2) is 6.84. The van der Waals surface area contributed by atoms with E-state index in [2.05, 4.69) is 20.3 Å². The summed E-state index contributed by atoms with van der Waals surface area (Å²) in [7, 11) is 0. The van der Waals surface area contributed by atoms with Crippen molar-refractivity contribution in [3.63, 3.8) is 0 Å². The lowest BCUT2D eigenvalue weighted by atomic mass is 9.93. The van der Waals surface area contributed by atoms with E-state index < -0.39 is 0 Å². The highest BCUT2D eigenvalue weighted by Crippen LogP contribution is 2.23. The third-order valence-electron chi connectivity index (χ3n) is 4.79. The molecule has 3 aromatic rings. The van der Waals surface area contributed by atoms with Crippen molar-refractivity contribution in [2.75, 3.05) is 0 Å². The molecule has 0 radical (unpaired) electrons. The zero-order chi connectivity index (χ0) is 18.1. The Bertz CT molecular complexity index is 930. The van der Waals surface area contributed by atoms with Gasteiger partial charge in [-0.1, -0.05) is 0 Å². The lowest BCUT2D eigenvalue weighted by Gasteiger charge is -2.26. The van der Waals surface area contributed by atoms with Crippen LogP contribution in [0.2, 0.25) is 0 Å². The summed E-state index contributed by atoms with van der Waals surface area (Å²) in [5.74, 6) is 0.0299. The van der Waals surface area contributed by atoms with Gasteiger partial charge in [0.15, 0.2) is 5.65 Å². The van der Waals surface area contributed by atoms with Crippen LogP contribution in [0.4, 0.5) is 4.39 Å². The molecule has 1 aromatic carbocycles. The predicted molar refractivity (Wildman–Crippen MR) is 95.0 cm³/mol. The first kappa shape index (κ1) is 16.7. The van der Waals surface area contributed by atoms with E-state index in [0.29, 0.717) is 35.4 Å². The number of H-pyrrole nitrogens is 1. The number of amides is 1. The van der Waals surface area contributed by atoms with E-state index >= 15 is 0 Å². The molecule has 6 nitrogen and oxygen atoms in total. The van der Waals surface area contributed by atoms with Crippen LogP contribution in [0.3, 0.4) is 0 Å². The number of nitrogens with zero attached hydrogens (tertiary/aromatic N) is 2. The minimum atomic E-state index is -0.319. The van der Waals surface area contributed by atoms with Crippen LogP contribution >= 0.6 is 0 Å². The lowest BCUT2D eigenvalue weighted by molar-refractivity contribution is 0.0869. The Morgan fingerprint density at radius 1 is 1.15 bits per heavy atom. The normalized spacial score (nSPS) is 20.2. The number of aliphatic hydroxyl groups is 1. The van der Waals surface area contributed by atoms with Gasteiger partial charge in [-0.3, -0.25) is 4.79 Å². The number of carbonyl (C=O) groups is 1. The lowest BCUT2D eigenvalue weighted by Crippen LogP contribution is -2.38. The SMILES string of the molecule is O=C(NC1CCC(O)CC1)c1ccnc2nc(-c3ccc(F)cc3)[nH]c12. The van der Waals surface area contributed by atoms with Crippen LogP contribution in [0, 0.1) is 5.82 Å². The molecule has 2 aromatic heterocycles. The van der Waals surface area contributed by atoms with Gasteiger partial charge in [-0.15, -0.1) is 0 Å². The number of aliphatic hydroxyl groups excluding tert-OH is 1. The van der Waals surface area contributed by atoms with Crippen LogP contribution in [0.5, 0.6) is 0 Å². The van der Waals surface area contributed by atoms with E-state index in [-0.39, 0.29) is 23.9 Å². The maximum Gasteiger partial charge on any atom is 0.253 e. The minimum Gasteiger partial charge on any atom is -0.393 e. The molecule has 26 heavy (non-hydrogen) atoms. The standard InChI is InChI=1S/C19H19FN4O2/c20-12-3-1-11(2-4-12)17-23-16-15(9-10-21-18(16)24-17)19(26)22-13-5-7-14(25)8-6-13/h1-4,9-10,13-14,25H,5-8H2,(H,22,26)(H,21,23,24). The van der Waals surface area contributed by atoms with Crippen molar-refractivity contribution in [1.29, 1.82) is 0 Å². The Kier molecular flexibility index (Phi) is 4.38. The van der Waals surface area contributed by atoms with Gasteiger partial charge in [0.1, 0.15) is 11.6 Å². The van der Waals surface area contributed by atoms with Crippen molar-refractivity contribution in [3.8, 4) is 11.4 Å². The molecule has 3 N–H and O–H groups in total. The fourth-order valence-corrected chi connectivity index (χ4v) is 3.33. The summed E-state index contributed by atoms with van der Waals surface area (Å²) in [5, 5.41) is 12.6. The summed E-state index contributed by atoms with van der Waals surface area (Å²) in [5.41, 5.74) is 2.19. The van der Waals surface area contributed by atoms with Crippen molar-refractivity contribution in [3.05, 3.63) is 47.9 Å². The number of aromatic nitrogens is 3. The van der Waals surface area contributed by atoms with E-state index in [1.807, 2.05) is 0 Å². The molecule has 1 aliphatic rings. The molecule has 4 rings (SSSR count). The number of fused-ring (bicyclic) bond motifs is 1. The van der Waals surface area contributed by atoms with Gasteiger partial charge in [0, 0.05) is 17.8 Å². The molecule has 0 spiro atoms. The molecule has 1 aliphatic carbocycles. The number of benzene rings is 1. The van der Waals surface area contributed by atoms with E-state index in [0.717, 1.165) is 18.4 Å². The molecule has 2 heterocycles. The summed E-state index contributed by atoms with van der Waals surface area (Å²) in [6.45, 7) is 0. The van der Waals surface area contributed by atoms with Crippen LogP contribution in [0.25, 0.3) is 22.6 Å². The van der Waals surface area contributed by atoms with Crippen molar-refractivity contribution >= 4 is 17.1 Å². The molecular weight excluding hydrogens is 335 g/mol. The Balaban J connectivity index is 1.61. The van der Waals surface area contributed by atoms with Crippen LogP contribution in [0.15, 0.2) is 36.5 Å². The number of halogens is 1. The summed E-state index contributed by atoms with van der Waals surface area (Å²) in [6, 6.07) is 7.69. The topological polar surface area (TPSA) is 90.9 Å². The van der Waals surface area contributed by atoms with Crippen molar-refractivity contribution in [2.45, 2.75) is 37.8 Å². The van der Waals surface area contributed by atoms with E-state index in [1.165, 1.54) is 12.1 Å². The number of imidazole rings is 1. The molecule has 1 amide bonds. The van der Waals surface area contributed by atoms with Crippen molar-refractivity contribution in [2.24, 2.45) is 0 Å². The maximum atomic E-state index is 13.1. The highest BCUT2D eigenvalue weighted by molar-refractivity contribution is 6.04. The summed E-state index contributed by atoms with van der Waals surface area (Å²) in [6.07, 6.45) is 4.24. The first-order valence-corrected chi connectivity index (χ1v) is 8.70. The second-order valence-electron chi connectivity index (χ2n) is 6.63. The molecule has 0 atom stereocenters. The Labute approximate surface area is 149 Å². The molecule has 1 fully saturated rings. The first-order valence-electron chi connectivity index (χ1n) is 8.70. The van der Waals surface area contributed by atoms with Gasteiger partial charge < -0.3 is 15.4 Å². The summed E-state index contributed by atoms with van der Waals surface area (Å²) < 4.78 is 13.1. The number of carbonyl (C=O) groups excluding carboxylic acids is 1. The monoisotopic (exact) mass is 354 g/mol. The maximum absolute atomic E-state index is 13.1. The smallest absolute Gasteiger partial charge is 0.253 e. The Hall–Kier alpha value is -2.80. The number of hydrogen-bond acceptors (Lipinski definition) is 4. The Morgan fingerprint density at radius 3 is 2.62 bits per heavy atom. The third-order valence-corrected chi connectivity index (χ3v) is 4.79. The number of pyridine rings is 1. The third kappa shape index (κ3) is 3.30. The number of hydrogen-bond donors (Lipinski definition) is 3. The van der Waals surface area contributed by atoms with E-state index in [9.17, 15) is 14.3 Å². The number of aromatic amines is 1. The second-order valence-corrected chi connectivity index (χ2v) is 6.63. The van der Waals surface area contributed by atoms with Gasteiger partial charge >= 0.3 is 0 Å². The Morgan fingerprint density at radius 2 is 1.88 bits per heavy atom. The molecule has 0 aliphatic heterocycles. The van der Waals surface area contributed by atoms with Gasteiger partial charge in [-0.25, -0.2) is 14.4 Å². The van der Waals surface area contributed by atoms with Gasteiger partial charge in [0.2, 0.25) is 0 Å². The van der Waals surface area contributed by atoms with Gasteiger partial charge in [0.05, 0.1) is 17.2 Å². The van der Waals surface area contributed by atoms with Crippen LogP contribution in [-0.2, 0) is 0 Å². The first-order chi connectivity index (χ1) is 12.6. The highest BCUT2D eigenvalue weighted by Gasteiger charge is 2.23. The zero-order valence-corrected chi connectivity index (χ0v) is 14.1. The highest BCUT2D eigenvalue weighted by atomic mass is 19.1. The molecule has 7 heteroatoms. The predicted octanol–water partition coefficient (Wildman–Crippen LogP) is 2.80. The molecular formula is C19H19FN4O2. The van der Waals surface area contributed by atoms with Gasteiger partial charge in [-0.05, 0) is 56.0 Å². The quantitative estimate of drug-likeness (QED) is 0.674. The molecule has 134 valence electrons. The average molecular weight is 354 g/mol. The summed E-state index contributed by atoms with van der Waals surface area (Å²) >= 11 is 0. The van der Waals surface area contributed by atoms with Crippen LogP contribution < -0.4 is 5.32 Å². The number of nitrogens with one attached hydrogen (secondary N) is 2. The fourth-order valence-electron chi connectivity index (χ4n) is 3.33. The van der Waals surface area contributed by atoms with Crippen LogP contribution in [0.1, 0.15) is 36.0 Å². The minimum absolute atomic E-state index is 0.0635. The van der Waals surface area contributed by atoms with E-state index in [4.69, 9.17) is 0 Å². The molecule has 0 bridgehead atoms. The van der Waals surface area contributed by atoms with Gasteiger partial charge in [-0.2, -0.15) is 0 Å². The molecule has 0 unspecified atom stereocenters. The largest absolute Gasteiger partial charge is 0.393 e.